The van der Waals surface area contributed by atoms with Gasteiger partial charge in [0, 0.05) is 5.41 Å². The molecule has 0 saturated carbocycles. The van der Waals surface area contributed by atoms with Crippen molar-refractivity contribution in [3.05, 3.63) is 176 Å². The third-order valence-electron chi connectivity index (χ3n) is 11.2. The molecule has 51 heavy (non-hydrogen) atoms. The second-order valence-corrected chi connectivity index (χ2v) is 20.1. The highest BCUT2D eigenvalue weighted by molar-refractivity contribution is 7.80. The van der Waals surface area contributed by atoms with E-state index in [1.165, 1.54) is 78.6 Å². The molecule has 6 aromatic rings. The lowest BCUT2D eigenvalue weighted by molar-refractivity contribution is 0.512. The third kappa shape index (κ3) is 6.24. The van der Waals surface area contributed by atoms with Crippen molar-refractivity contribution in [3.63, 3.8) is 0 Å². The lowest BCUT2D eigenvalue weighted by atomic mass is 9.76. The van der Waals surface area contributed by atoms with E-state index in [9.17, 15) is 0 Å². The summed E-state index contributed by atoms with van der Waals surface area (Å²) < 4.78 is 0. The Labute approximate surface area is 308 Å². The fourth-order valence-electron chi connectivity index (χ4n) is 9.69. The van der Waals surface area contributed by atoms with E-state index >= 15 is 0 Å². The van der Waals surface area contributed by atoms with Crippen molar-refractivity contribution in [2.24, 2.45) is 0 Å². The molecule has 0 fully saturated rings. The molecule has 2 aliphatic carbocycles. The van der Waals surface area contributed by atoms with Crippen LogP contribution in [0.25, 0.3) is 0 Å². The summed E-state index contributed by atoms with van der Waals surface area (Å²) >= 11 is 0. The van der Waals surface area contributed by atoms with E-state index in [0.29, 0.717) is 0 Å². The van der Waals surface area contributed by atoms with Gasteiger partial charge in [-0.3, -0.25) is 0 Å². The molecule has 256 valence electrons. The molecule has 0 atom stereocenters. The Morgan fingerprint density at radius 1 is 0.373 bits per heavy atom. The van der Waals surface area contributed by atoms with Crippen molar-refractivity contribution in [1.29, 1.82) is 0 Å². The van der Waals surface area contributed by atoms with Gasteiger partial charge in [-0.15, -0.1) is 0 Å². The molecule has 1 spiro atoms. The lowest BCUT2D eigenvalue weighted by Gasteiger charge is -2.35. The van der Waals surface area contributed by atoms with Crippen LogP contribution >= 0.6 is 15.8 Å². The third-order valence-corrected chi connectivity index (χ3v) is 16.0. The first kappa shape index (κ1) is 34.3. The molecule has 8 rings (SSSR count). The van der Waals surface area contributed by atoms with Gasteiger partial charge in [0.15, 0.2) is 0 Å². The zero-order valence-electron chi connectivity index (χ0n) is 31.6. The predicted octanol–water partition coefficient (Wildman–Crippen LogP) is 9.85. The van der Waals surface area contributed by atoms with Gasteiger partial charge in [0.05, 0.1) is 0 Å². The summed E-state index contributed by atoms with van der Waals surface area (Å²) in [7, 11) is -1.54. The standard InChI is InChI=1S/C49H50P2/c1-31-19-32(2)24-41(23-31)50(42-25-33(3)20-34(4)26-42)45-13-9-11-39-15-17-49(47(39)45)18-16-40-12-10-14-46(48(40)49)51(43-27-35(5)21-36(6)28-43)44-29-37(7)22-38(8)30-44/h9-14,19-30H,15-18H2,1-8H3. The van der Waals surface area contributed by atoms with Crippen molar-refractivity contribution in [2.75, 3.05) is 0 Å². The summed E-state index contributed by atoms with van der Waals surface area (Å²) in [6.07, 6.45) is 4.67. The normalized spacial score (nSPS) is 14.5. The van der Waals surface area contributed by atoms with Crippen molar-refractivity contribution < 1.29 is 0 Å². The number of fused-ring (bicyclic) bond motifs is 4. The average molecular weight is 701 g/mol. The van der Waals surface area contributed by atoms with Crippen LogP contribution in [0.15, 0.2) is 109 Å². The Hall–Kier alpha value is -3.82. The molecule has 0 nitrogen and oxygen atoms in total. The molecule has 0 bridgehead atoms. The maximum Gasteiger partial charge on any atom is 0.0227 e. The average Bonchev–Trinajstić information content (AvgIpc) is 3.62. The summed E-state index contributed by atoms with van der Waals surface area (Å²) in [6.45, 7) is 18.1. The molecule has 0 heterocycles. The number of benzene rings is 6. The number of rotatable bonds is 6. The second-order valence-electron chi connectivity index (χ2n) is 15.8. The zero-order valence-corrected chi connectivity index (χ0v) is 33.4. The van der Waals surface area contributed by atoms with Crippen molar-refractivity contribution >= 4 is 47.7 Å². The van der Waals surface area contributed by atoms with E-state index in [1.807, 2.05) is 0 Å². The van der Waals surface area contributed by atoms with Crippen LogP contribution in [-0.2, 0) is 18.3 Å². The predicted molar refractivity (Wildman–Crippen MR) is 226 cm³/mol. The molecular formula is C49H50P2. The van der Waals surface area contributed by atoms with Gasteiger partial charge in [0.2, 0.25) is 0 Å². The van der Waals surface area contributed by atoms with Crippen LogP contribution in [-0.4, -0.2) is 0 Å². The molecule has 2 aliphatic rings. The van der Waals surface area contributed by atoms with Crippen molar-refractivity contribution in [3.8, 4) is 0 Å². The van der Waals surface area contributed by atoms with Gasteiger partial charge in [-0.05, 0) is 151 Å². The molecule has 0 amide bonds. The van der Waals surface area contributed by atoms with Gasteiger partial charge in [-0.2, -0.15) is 0 Å². The topological polar surface area (TPSA) is 0 Å². The number of aryl methyl sites for hydroxylation is 10. The van der Waals surface area contributed by atoms with Crippen molar-refractivity contribution in [1.82, 2.24) is 0 Å². The van der Waals surface area contributed by atoms with Crippen LogP contribution < -0.4 is 31.8 Å². The van der Waals surface area contributed by atoms with E-state index < -0.39 is 15.8 Å². The molecule has 0 unspecified atom stereocenters. The summed E-state index contributed by atoms with van der Waals surface area (Å²) in [5.74, 6) is 0. The highest BCUT2D eigenvalue weighted by Gasteiger charge is 2.49. The summed E-state index contributed by atoms with van der Waals surface area (Å²) in [6, 6.07) is 43.8. The van der Waals surface area contributed by atoms with E-state index in [-0.39, 0.29) is 5.41 Å². The summed E-state index contributed by atoms with van der Waals surface area (Å²) in [5.41, 5.74) is 17.3. The minimum absolute atomic E-state index is 0.00843. The molecule has 2 heteroatoms. The van der Waals surface area contributed by atoms with Gasteiger partial charge in [0.1, 0.15) is 0 Å². The van der Waals surface area contributed by atoms with E-state index in [0.717, 1.165) is 12.8 Å². The Morgan fingerprint density at radius 2 is 0.647 bits per heavy atom. The summed E-state index contributed by atoms with van der Waals surface area (Å²) in [4.78, 5) is 0. The molecule has 0 aliphatic heterocycles. The molecule has 0 N–H and O–H groups in total. The maximum absolute atomic E-state index is 2.52. The summed E-state index contributed by atoms with van der Waals surface area (Å²) in [5, 5.41) is 9.04. The first-order valence-corrected chi connectivity index (χ1v) is 21.4. The van der Waals surface area contributed by atoms with Crippen LogP contribution in [0.5, 0.6) is 0 Å². The maximum atomic E-state index is 2.52. The lowest BCUT2D eigenvalue weighted by Crippen LogP contribution is -2.36. The van der Waals surface area contributed by atoms with Gasteiger partial charge < -0.3 is 0 Å². The van der Waals surface area contributed by atoms with Crippen LogP contribution in [0.1, 0.15) is 79.6 Å². The molecule has 0 aromatic heterocycles. The molecule has 0 saturated heterocycles. The van der Waals surface area contributed by atoms with E-state index in [2.05, 4.69) is 165 Å². The Bertz CT molecular complexity index is 1980. The van der Waals surface area contributed by atoms with Gasteiger partial charge in [-0.25, -0.2) is 0 Å². The smallest absolute Gasteiger partial charge is 0.0227 e. The largest absolute Gasteiger partial charge is 0.0613 e. The Balaban J connectivity index is 1.41. The van der Waals surface area contributed by atoms with Crippen LogP contribution in [0.2, 0.25) is 0 Å². The van der Waals surface area contributed by atoms with Crippen LogP contribution in [0.4, 0.5) is 0 Å². The highest BCUT2D eigenvalue weighted by atomic mass is 31.1. The molecule has 0 radical (unpaired) electrons. The Kier molecular flexibility index (Phi) is 8.94. The highest BCUT2D eigenvalue weighted by Crippen LogP contribution is 2.55. The SMILES string of the molecule is Cc1cc(C)cc(P(c2cc(C)cc(C)c2)c2cccc3c2C2(CC3)CCc3cccc(P(c4cc(C)cc(C)c4)c4cc(C)cc(C)c4)c32)c1. The Morgan fingerprint density at radius 3 is 0.922 bits per heavy atom. The number of hydrogen-bond acceptors (Lipinski definition) is 0. The fraction of sp³-hybridized carbons (Fsp3) is 0.265. The second kappa shape index (κ2) is 13.3. The van der Waals surface area contributed by atoms with E-state index in [4.69, 9.17) is 0 Å². The van der Waals surface area contributed by atoms with Gasteiger partial charge in [-0.1, -0.05) is 154 Å². The van der Waals surface area contributed by atoms with Gasteiger partial charge in [0.25, 0.3) is 0 Å². The first-order valence-electron chi connectivity index (χ1n) is 18.7. The molecular weight excluding hydrogens is 650 g/mol. The fourth-order valence-corrected chi connectivity index (χ4v) is 15.7. The number of hydrogen-bond donors (Lipinski definition) is 0. The van der Waals surface area contributed by atoms with Crippen molar-refractivity contribution in [2.45, 2.75) is 86.5 Å². The first-order chi connectivity index (χ1) is 24.5. The monoisotopic (exact) mass is 700 g/mol. The zero-order chi connectivity index (χ0) is 35.6. The minimum atomic E-state index is -0.770. The minimum Gasteiger partial charge on any atom is -0.0613 e. The van der Waals surface area contributed by atoms with Gasteiger partial charge >= 0.3 is 0 Å². The van der Waals surface area contributed by atoms with Crippen LogP contribution in [0.3, 0.4) is 0 Å². The van der Waals surface area contributed by atoms with Crippen LogP contribution in [0, 0.1) is 55.4 Å². The quantitative estimate of drug-likeness (QED) is 0.152. The molecule has 6 aromatic carbocycles. The van der Waals surface area contributed by atoms with E-state index in [1.54, 1.807) is 32.9 Å².